The number of ether oxygens (including phenoxy) is 1. The summed E-state index contributed by atoms with van der Waals surface area (Å²) >= 11 is 0. The Morgan fingerprint density at radius 1 is 1.15 bits per heavy atom. The van der Waals surface area contributed by atoms with Gasteiger partial charge in [-0.3, -0.25) is 4.79 Å². The highest BCUT2D eigenvalue weighted by Crippen LogP contribution is 2.23. The van der Waals surface area contributed by atoms with Gasteiger partial charge in [-0.05, 0) is 19.1 Å². The normalized spacial score (nSPS) is 15.4. The lowest BCUT2D eigenvalue weighted by Crippen LogP contribution is -2.53. The van der Waals surface area contributed by atoms with Crippen LogP contribution in [-0.2, 0) is 4.79 Å². The molecule has 3 rings (SSSR count). The van der Waals surface area contributed by atoms with Crippen LogP contribution in [0.5, 0.6) is 5.75 Å². The zero-order chi connectivity index (χ0) is 19.4. The molecular formula is C19H25N5O3. The Kier molecular flexibility index (Phi) is 5.63. The third kappa shape index (κ3) is 4.21. The summed E-state index contributed by atoms with van der Waals surface area (Å²) in [6.07, 6.45) is 3.63. The van der Waals surface area contributed by atoms with E-state index in [4.69, 9.17) is 4.74 Å². The first-order chi connectivity index (χ1) is 13.0. The topological polar surface area (TPSA) is 79.7 Å². The smallest absolute Gasteiger partial charge is 0.317 e. The van der Waals surface area contributed by atoms with Crippen molar-refractivity contribution >= 4 is 11.9 Å². The molecule has 3 amide bonds. The minimum atomic E-state index is -0.188. The number of hydrogen-bond acceptors (Lipinski definition) is 4. The van der Waals surface area contributed by atoms with Crippen LogP contribution < -0.4 is 10.1 Å². The van der Waals surface area contributed by atoms with E-state index >= 15 is 0 Å². The Labute approximate surface area is 158 Å². The SMILES string of the molecule is COc1ccccc1-n1cc(C(C)NC(=O)N2CCN(C(C)=O)CC2)cn1. The number of nitrogens with zero attached hydrogens (tertiary/aromatic N) is 4. The van der Waals surface area contributed by atoms with Gasteiger partial charge in [-0.1, -0.05) is 12.1 Å². The van der Waals surface area contributed by atoms with Crippen molar-refractivity contribution in [2.45, 2.75) is 19.9 Å². The van der Waals surface area contributed by atoms with E-state index in [9.17, 15) is 9.59 Å². The zero-order valence-corrected chi connectivity index (χ0v) is 15.9. The number of nitrogens with one attached hydrogen (secondary N) is 1. The lowest BCUT2D eigenvalue weighted by Gasteiger charge is -2.34. The van der Waals surface area contributed by atoms with Gasteiger partial charge in [0.25, 0.3) is 0 Å². The molecule has 2 heterocycles. The summed E-state index contributed by atoms with van der Waals surface area (Å²) in [5.74, 6) is 0.777. The van der Waals surface area contributed by atoms with E-state index < -0.39 is 0 Å². The summed E-state index contributed by atoms with van der Waals surface area (Å²) in [6.45, 7) is 5.70. The van der Waals surface area contributed by atoms with E-state index in [1.165, 1.54) is 0 Å². The van der Waals surface area contributed by atoms with Crippen molar-refractivity contribution in [1.29, 1.82) is 0 Å². The molecular weight excluding hydrogens is 346 g/mol. The molecule has 1 atom stereocenters. The maximum Gasteiger partial charge on any atom is 0.317 e. The van der Waals surface area contributed by atoms with Crippen LogP contribution >= 0.6 is 0 Å². The molecule has 1 aromatic heterocycles. The quantitative estimate of drug-likeness (QED) is 0.889. The van der Waals surface area contributed by atoms with E-state index in [0.29, 0.717) is 26.2 Å². The summed E-state index contributed by atoms with van der Waals surface area (Å²) in [5, 5.41) is 7.40. The highest BCUT2D eigenvalue weighted by molar-refractivity contribution is 5.76. The van der Waals surface area contributed by atoms with Crippen molar-refractivity contribution in [1.82, 2.24) is 24.9 Å². The fourth-order valence-corrected chi connectivity index (χ4v) is 3.10. The molecule has 27 heavy (non-hydrogen) atoms. The molecule has 0 radical (unpaired) electrons. The largest absolute Gasteiger partial charge is 0.494 e. The third-order valence-electron chi connectivity index (χ3n) is 4.79. The number of methoxy groups -OCH3 is 1. The molecule has 0 spiro atoms. The number of carbonyl (C=O) groups is 2. The van der Waals surface area contributed by atoms with E-state index in [0.717, 1.165) is 17.0 Å². The molecule has 0 saturated carbocycles. The number of amides is 3. The van der Waals surface area contributed by atoms with Crippen LogP contribution in [0.15, 0.2) is 36.7 Å². The Balaban J connectivity index is 1.62. The second-order valence-electron chi connectivity index (χ2n) is 6.55. The molecule has 0 bridgehead atoms. The van der Waals surface area contributed by atoms with Crippen LogP contribution in [0.1, 0.15) is 25.5 Å². The van der Waals surface area contributed by atoms with Crippen LogP contribution in [0.2, 0.25) is 0 Å². The second kappa shape index (κ2) is 8.11. The Hall–Kier alpha value is -3.03. The summed E-state index contributed by atoms with van der Waals surface area (Å²) in [7, 11) is 1.62. The molecule has 8 nitrogen and oxygen atoms in total. The average molecular weight is 371 g/mol. The van der Waals surface area contributed by atoms with Crippen molar-refractivity contribution in [3.05, 3.63) is 42.2 Å². The fourth-order valence-electron chi connectivity index (χ4n) is 3.10. The molecule has 1 fully saturated rings. The maximum atomic E-state index is 12.5. The second-order valence-corrected chi connectivity index (χ2v) is 6.55. The predicted octanol–water partition coefficient (Wildman–Crippen LogP) is 1.82. The van der Waals surface area contributed by atoms with Crippen LogP contribution in [-0.4, -0.2) is 64.8 Å². The highest BCUT2D eigenvalue weighted by Gasteiger charge is 2.23. The van der Waals surface area contributed by atoms with Crippen molar-refractivity contribution < 1.29 is 14.3 Å². The van der Waals surface area contributed by atoms with Crippen molar-refractivity contribution in [3.63, 3.8) is 0 Å². The van der Waals surface area contributed by atoms with Gasteiger partial charge in [-0.2, -0.15) is 5.10 Å². The number of piperazine rings is 1. The molecule has 1 saturated heterocycles. The van der Waals surface area contributed by atoms with E-state index in [-0.39, 0.29) is 18.0 Å². The van der Waals surface area contributed by atoms with Crippen molar-refractivity contribution in [2.75, 3.05) is 33.3 Å². The van der Waals surface area contributed by atoms with Gasteiger partial charge in [0.05, 0.1) is 19.3 Å². The van der Waals surface area contributed by atoms with Crippen LogP contribution in [0.3, 0.4) is 0 Å². The summed E-state index contributed by atoms with van der Waals surface area (Å²) < 4.78 is 7.11. The van der Waals surface area contributed by atoms with Gasteiger partial charge in [0.1, 0.15) is 11.4 Å². The first-order valence-electron chi connectivity index (χ1n) is 8.98. The summed E-state index contributed by atoms with van der Waals surface area (Å²) in [4.78, 5) is 27.4. The molecule has 2 aromatic rings. The Morgan fingerprint density at radius 3 is 2.48 bits per heavy atom. The van der Waals surface area contributed by atoms with Gasteiger partial charge in [0, 0.05) is 44.9 Å². The summed E-state index contributed by atoms with van der Waals surface area (Å²) in [6, 6.07) is 7.31. The van der Waals surface area contributed by atoms with Gasteiger partial charge >= 0.3 is 6.03 Å². The molecule has 1 unspecified atom stereocenters. The monoisotopic (exact) mass is 371 g/mol. The molecule has 1 aliphatic rings. The van der Waals surface area contributed by atoms with E-state index in [2.05, 4.69) is 10.4 Å². The lowest BCUT2D eigenvalue weighted by molar-refractivity contribution is -0.130. The minimum absolute atomic E-state index is 0.0483. The van der Waals surface area contributed by atoms with Gasteiger partial charge in [-0.15, -0.1) is 0 Å². The van der Waals surface area contributed by atoms with Crippen molar-refractivity contribution in [3.8, 4) is 11.4 Å². The average Bonchev–Trinajstić information content (AvgIpc) is 3.18. The van der Waals surface area contributed by atoms with Gasteiger partial charge in [0.2, 0.25) is 5.91 Å². The lowest BCUT2D eigenvalue weighted by atomic mass is 10.2. The standard InChI is InChI=1S/C19H25N5O3/c1-14(21-19(26)23-10-8-22(9-11-23)15(2)25)16-12-20-24(13-16)17-6-4-5-7-18(17)27-3/h4-7,12-14H,8-11H2,1-3H3,(H,21,26). The van der Waals surface area contributed by atoms with Crippen LogP contribution in [0.25, 0.3) is 5.69 Å². The number of aromatic nitrogens is 2. The third-order valence-corrected chi connectivity index (χ3v) is 4.79. The van der Waals surface area contributed by atoms with Gasteiger partial charge in [0.15, 0.2) is 0 Å². The van der Waals surface area contributed by atoms with Gasteiger partial charge < -0.3 is 19.9 Å². The van der Waals surface area contributed by atoms with Crippen molar-refractivity contribution in [2.24, 2.45) is 0 Å². The highest BCUT2D eigenvalue weighted by atomic mass is 16.5. The molecule has 8 heteroatoms. The first-order valence-corrected chi connectivity index (χ1v) is 8.98. The minimum Gasteiger partial charge on any atom is -0.494 e. The maximum absolute atomic E-state index is 12.5. The number of para-hydroxylation sites is 2. The molecule has 144 valence electrons. The molecule has 1 N–H and O–H groups in total. The zero-order valence-electron chi connectivity index (χ0n) is 15.9. The molecule has 1 aromatic carbocycles. The van der Waals surface area contributed by atoms with E-state index in [1.807, 2.05) is 37.4 Å². The number of benzene rings is 1. The Morgan fingerprint density at radius 2 is 1.81 bits per heavy atom. The number of rotatable bonds is 4. The first kappa shape index (κ1) is 18.8. The Bertz CT molecular complexity index is 811. The number of hydrogen-bond donors (Lipinski definition) is 1. The molecule has 1 aliphatic heterocycles. The van der Waals surface area contributed by atoms with Crippen LogP contribution in [0, 0.1) is 0 Å². The number of urea groups is 1. The van der Waals surface area contributed by atoms with Gasteiger partial charge in [-0.25, -0.2) is 9.48 Å². The molecule has 0 aliphatic carbocycles. The summed E-state index contributed by atoms with van der Waals surface area (Å²) in [5.41, 5.74) is 1.74. The fraction of sp³-hybridized carbons (Fsp3) is 0.421. The van der Waals surface area contributed by atoms with Crippen LogP contribution in [0.4, 0.5) is 4.79 Å². The predicted molar refractivity (Wildman–Crippen MR) is 101 cm³/mol. The van der Waals surface area contributed by atoms with E-state index in [1.54, 1.807) is 34.7 Å². The number of carbonyl (C=O) groups excluding carboxylic acids is 2.